The molecule has 0 saturated heterocycles. The largest absolute Gasteiger partial charge is 0.388 e. The molecule has 4 nitrogen and oxygen atoms in total. The second-order valence-electron chi connectivity index (χ2n) is 3.23. The smallest absolute Gasteiger partial charge is 0.176 e. The highest BCUT2D eigenvalue weighted by Gasteiger charge is 2.17. The molecule has 0 unspecified atom stereocenters. The van der Waals surface area contributed by atoms with Crippen molar-refractivity contribution in [3.63, 3.8) is 0 Å². The van der Waals surface area contributed by atoms with Gasteiger partial charge in [-0.05, 0) is 12.1 Å². The number of aliphatic hydroxyl groups is 1. The summed E-state index contributed by atoms with van der Waals surface area (Å²) in [5.41, 5.74) is -0.239. The number of nitrogens with zero attached hydrogens (tertiary/aromatic N) is 3. The van der Waals surface area contributed by atoms with Crippen LogP contribution in [0.3, 0.4) is 0 Å². The van der Waals surface area contributed by atoms with E-state index < -0.39 is 11.6 Å². The van der Waals surface area contributed by atoms with E-state index in [0.29, 0.717) is 0 Å². The maximum Gasteiger partial charge on any atom is 0.176 e. The zero-order valence-electron chi connectivity index (χ0n) is 8.48. The Labute approximate surface area is 90.2 Å². The van der Waals surface area contributed by atoms with Crippen molar-refractivity contribution in [3.8, 4) is 11.4 Å². The fraction of sp³-hybridized carbons (Fsp3) is 0.200. The number of hydrogen-bond donors (Lipinski definition) is 1. The molecule has 1 aromatic heterocycles. The van der Waals surface area contributed by atoms with Gasteiger partial charge in [-0.3, -0.25) is 0 Å². The molecule has 0 bridgehead atoms. The van der Waals surface area contributed by atoms with Crippen LogP contribution in [0.15, 0.2) is 18.2 Å². The van der Waals surface area contributed by atoms with E-state index in [4.69, 9.17) is 5.11 Å². The number of rotatable bonds is 2. The van der Waals surface area contributed by atoms with Crippen molar-refractivity contribution in [1.29, 1.82) is 0 Å². The molecule has 1 heterocycles. The summed E-state index contributed by atoms with van der Waals surface area (Å²) < 4.78 is 28.1. The van der Waals surface area contributed by atoms with Crippen molar-refractivity contribution in [2.45, 2.75) is 6.61 Å². The average molecular weight is 225 g/mol. The summed E-state index contributed by atoms with van der Waals surface area (Å²) in [5, 5.41) is 12.6. The summed E-state index contributed by atoms with van der Waals surface area (Å²) in [6, 6.07) is 3.56. The van der Waals surface area contributed by atoms with Crippen LogP contribution in [0.1, 0.15) is 5.82 Å². The Morgan fingerprint density at radius 2 is 1.94 bits per heavy atom. The highest BCUT2D eigenvalue weighted by Crippen LogP contribution is 2.23. The van der Waals surface area contributed by atoms with E-state index >= 15 is 0 Å². The number of hydrogen-bond acceptors (Lipinski definition) is 3. The minimum Gasteiger partial charge on any atom is -0.388 e. The molecule has 2 rings (SSSR count). The fourth-order valence-corrected chi connectivity index (χ4v) is 1.43. The lowest BCUT2D eigenvalue weighted by molar-refractivity contribution is 0.271. The Morgan fingerprint density at radius 1 is 1.31 bits per heavy atom. The Balaban J connectivity index is 2.62. The molecule has 0 aliphatic rings. The number of aliphatic hydroxyl groups excluding tert-OH is 1. The number of halogens is 2. The molecule has 0 amide bonds. The third-order valence-electron chi connectivity index (χ3n) is 2.13. The van der Waals surface area contributed by atoms with Crippen LogP contribution in [0, 0.1) is 11.6 Å². The molecule has 2 aromatic rings. The van der Waals surface area contributed by atoms with Crippen LogP contribution in [0.4, 0.5) is 8.78 Å². The molecule has 0 atom stereocenters. The highest BCUT2D eigenvalue weighted by molar-refractivity contribution is 5.56. The van der Waals surface area contributed by atoms with E-state index in [9.17, 15) is 8.78 Å². The Hall–Kier alpha value is -1.82. The van der Waals surface area contributed by atoms with Crippen molar-refractivity contribution in [2.24, 2.45) is 7.05 Å². The normalized spacial score (nSPS) is 10.8. The summed E-state index contributed by atoms with van der Waals surface area (Å²) in [5.74, 6) is -1.24. The van der Waals surface area contributed by atoms with Crippen LogP contribution in [-0.2, 0) is 13.7 Å². The monoisotopic (exact) mass is 225 g/mol. The van der Waals surface area contributed by atoms with E-state index in [2.05, 4.69) is 10.1 Å². The van der Waals surface area contributed by atoms with Crippen molar-refractivity contribution in [3.05, 3.63) is 35.7 Å². The minimum atomic E-state index is -0.708. The zero-order valence-corrected chi connectivity index (χ0v) is 8.48. The van der Waals surface area contributed by atoms with Crippen molar-refractivity contribution < 1.29 is 13.9 Å². The number of aromatic nitrogens is 3. The molecular weight excluding hydrogens is 216 g/mol. The molecule has 1 aromatic carbocycles. The maximum atomic E-state index is 13.4. The molecule has 0 aliphatic heterocycles. The third-order valence-corrected chi connectivity index (χ3v) is 2.13. The van der Waals surface area contributed by atoms with Crippen LogP contribution in [0.25, 0.3) is 11.4 Å². The Morgan fingerprint density at radius 3 is 2.44 bits per heavy atom. The van der Waals surface area contributed by atoms with Gasteiger partial charge in [0.2, 0.25) is 0 Å². The fourth-order valence-electron chi connectivity index (χ4n) is 1.43. The topological polar surface area (TPSA) is 50.9 Å². The van der Waals surface area contributed by atoms with E-state index in [1.807, 2.05) is 0 Å². The molecule has 0 aliphatic carbocycles. The summed E-state index contributed by atoms with van der Waals surface area (Å²) in [4.78, 5) is 3.84. The van der Waals surface area contributed by atoms with E-state index in [1.54, 1.807) is 0 Å². The second kappa shape index (κ2) is 3.97. The van der Waals surface area contributed by atoms with Crippen molar-refractivity contribution in [1.82, 2.24) is 14.8 Å². The van der Waals surface area contributed by atoms with Gasteiger partial charge in [0.05, 0.1) is 5.56 Å². The Bertz CT molecular complexity index is 505. The molecule has 84 valence electrons. The third kappa shape index (κ3) is 1.67. The summed E-state index contributed by atoms with van der Waals surface area (Å²) in [6.45, 7) is -0.371. The molecule has 0 radical (unpaired) electrons. The van der Waals surface area contributed by atoms with Gasteiger partial charge in [0, 0.05) is 7.05 Å². The van der Waals surface area contributed by atoms with Crippen LogP contribution < -0.4 is 0 Å². The Kier molecular flexibility index (Phi) is 2.66. The highest BCUT2D eigenvalue weighted by atomic mass is 19.1. The zero-order chi connectivity index (χ0) is 11.7. The first-order valence-electron chi connectivity index (χ1n) is 4.58. The van der Waals surface area contributed by atoms with Crippen LogP contribution >= 0.6 is 0 Å². The number of benzene rings is 1. The lowest BCUT2D eigenvalue weighted by Crippen LogP contribution is -1.99. The van der Waals surface area contributed by atoms with Crippen molar-refractivity contribution >= 4 is 0 Å². The summed E-state index contributed by atoms with van der Waals surface area (Å²) >= 11 is 0. The van der Waals surface area contributed by atoms with Crippen LogP contribution in [0.5, 0.6) is 0 Å². The SMILES string of the molecule is Cn1nc(CO)nc1-c1c(F)cccc1F. The summed E-state index contributed by atoms with van der Waals surface area (Å²) in [7, 11) is 1.51. The van der Waals surface area contributed by atoms with Crippen LogP contribution in [-0.4, -0.2) is 19.9 Å². The van der Waals surface area contributed by atoms with Crippen LogP contribution in [0.2, 0.25) is 0 Å². The average Bonchev–Trinajstić information content (AvgIpc) is 2.60. The molecule has 0 saturated carbocycles. The van der Waals surface area contributed by atoms with Gasteiger partial charge in [-0.25, -0.2) is 18.4 Å². The van der Waals surface area contributed by atoms with E-state index in [1.165, 1.54) is 17.8 Å². The predicted octanol–water partition coefficient (Wildman–Crippen LogP) is 1.25. The standard InChI is InChI=1S/C10H9F2N3O/c1-15-10(13-8(5-16)14-15)9-6(11)3-2-4-7(9)12/h2-4,16H,5H2,1H3. The molecule has 0 spiro atoms. The van der Waals surface area contributed by atoms with Gasteiger partial charge in [-0.15, -0.1) is 0 Å². The molecule has 6 heteroatoms. The van der Waals surface area contributed by atoms with E-state index in [0.717, 1.165) is 12.1 Å². The number of aryl methyl sites for hydroxylation is 1. The van der Waals surface area contributed by atoms with Gasteiger partial charge in [-0.2, -0.15) is 5.10 Å². The first-order chi connectivity index (χ1) is 7.63. The molecule has 16 heavy (non-hydrogen) atoms. The van der Waals surface area contributed by atoms with Crippen molar-refractivity contribution in [2.75, 3.05) is 0 Å². The second-order valence-corrected chi connectivity index (χ2v) is 3.23. The van der Waals surface area contributed by atoms with Gasteiger partial charge < -0.3 is 5.11 Å². The lowest BCUT2D eigenvalue weighted by Gasteiger charge is -2.02. The molecular formula is C10H9F2N3O. The van der Waals surface area contributed by atoms with E-state index in [-0.39, 0.29) is 23.8 Å². The predicted molar refractivity (Wildman–Crippen MR) is 52.3 cm³/mol. The quantitative estimate of drug-likeness (QED) is 0.836. The van der Waals surface area contributed by atoms with Gasteiger partial charge in [-0.1, -0.05) is 6.07 Å². The lowest BCUT2D eigenvalue weighted by atomic mass is 10.2. The van der Waals surface area contributed by atoms with Gasteiger partial charge >= 0.3 is 0 Å². The maximum absolute atomic E-state index is 13.4. The van der Waals surface area contributed by atoms with Gasteiger partial charge in [0.1, 0.15) is 18.2 Å². The first-order valence-corrected chi connectivity index (χ1v) is 4.58. The minimum absolute atomic E-state index is 0.0552. The molecule has 0 fully saturated rings. The summed E-state index contributed by atoms with van der Waals surface area (Å²) in [6.07, 6.45) is 0. The van der Waals surface area contributed by atoms with Gasteiger partial charge in [0.15, 0.2) is 11.6 Å². The molecule has 1 N–H and O–H groups in total. The first kappa shape index (κ1) is 10.7. The van der Waals surface area contributed by atoms with Gasteiger partial charge in [0.25, 0.3) is 0 Å².